The van der Waals surface area contributed by atoms with E-state index in [9.17, 15) is 14.7 Å². The smallest absolute Gasteiger partial charge is 0.326 e. The quantitative estimate of drug-likeness (QED) is 0.880. The number of carbonyl (C=O) groups excluding carboxylic acids is 1. The summed E-state index contributed by atoms with van der Waals surface area (Å²) in [6.07, 6.45) is 3.44. The van der Waals surface area contributed by atoms with Gasteiger partial charge < -0.3 is 15.0 Å². The van der Waals surface area contributed by atoms with Crippen molar-refractivity contribution in [1.82, 2.24) is 9.88 Å². The highest BCUT2D eigenvalue weighted by Gasteiger charge is 2.41. The second kappa shape index (κ2) is 6.67. The van der Waals surface area contributed by atoms with Crippen LogP contribution in [0.3, 0.4) is 0 Å². The number of amides is 1. The zero-order chi connectivity index (χ0) is 17.3. The number of nitrogens with zero attached hydrogens (tertiary/aromatic N) is 1. The van der Waals surface area contributed by atoms with E-state index in [-0.39, 0.29) is 11.9 Å². The summed E-state index contributed by atoms with van der Waals surface area (Å²) in [7, 11) is 0. The van der Waals surface area contributed by atoms with Crippen molar-refractivity contribution in [3.63, 3.8) is 0 Å². The monoisotopic (exact) mass is 328 g/mol. The van der Waals surface area contributed by atoms with E-state index in [1.165, 1.54) is 0 Å². The standard InChI is InChI=1S/C19H24N2O3/c1-3-5-10-15-18-13(12-8-6-7-9-14(12)20-18)11-16(19(23)24)21(15)17(22)4-2/h6-9,15-16,20H,3-5,10-11H2,1-2H3,(H,23,24)/t15-,16-/m1/s1. The minimum Gasteiger partial charge on any atom is -0.480 e. The third-order valence-corrected chi connectivity index (χ3v) is 4.96. The molecule has 2 N–H and O–H groups in total. The van der Waals surface area contributed by atoms with Crippen LogP contribution in [0.15, 0.2) is 24.3 Å². The Balaban J connectivity index is 2.15. The third-order valence-electron chi connectivity index (χ3n) is 4.96. The van der Waals surface area contributed by atoms with E-state index >= 15 is 0 Å². The fourth-order valence-corrected chi connectivity index (χ4v) is 3.79. The molecule has 1 aromatic carbocycles. The molecule has 0 saturated heterocycles. The lowest BCUT2D eigenvalue weighted by molar-refractivity contribution is -0.153. The Bertz CT molecular complexity index is 765. The number of nitrogens with one attached hydrogen (secondary N) is 1. The number of carboxylic acid groups (broad SMARTS) is 1. The zero-order valence-electron chi connectivity index (χ0n) is 14.2. The van der Waals surface area contributed by atoms with Crippen LogP contribution in [0.2, 0.25) is 0 Å². The van der Waals surface area contributed by atoms with Crippen LogP contribution >= 0.6 is 0 Å². The molecule has 24 heavy (non-hydrogen) atoms. The molecule has 1 amide bonds. The summed E-state index contributed by atoms with van der Waals surface area (Å²) in [5.41, 5.74) is 3.09. The van der Waals surface area contributed by atoms with Gasteiger partial charge in [-0.15, -0.1) is 0 Å². The molecule has 2 aromatic rings. The molecular weight excluding hydrogens is 304 g/mol. The average molecular weight is 328 g/mol. The number of aromatic nitrogens is 1. The molecule has 0 saturated carbocycles. The summed E-state index contributed by atoms with van der Waals surface area (Å²) in [6.45, 7) is 3.90. The van der Waals surface area contributed by atoms with Gasteiger partial charge in [-0.05, 0) is 18.1 Å². The lowest BCUT2D eigenvalue weighted by Crippen LogP contribution is -2.51. The SMILES string of the molecule is CCCC[C@@H]1c2[nH]c3ccccc3c2C[C@H](C(=O)O)N1C(=O)CC. The summed E-state index contributed by atoms with van der Waals surface area (Å²) >= 11 is 0. The number of carbonyl (C=O) groups is 2. The number of rotatable bonds is 5. The first-order valence-corrected chi connectivity index (χ1v) is 8.71. The van der Waals surface area contributed by atoms with Gasteiger partial charge in [0.1, 0.15) is 6.04 Å². The van der Waals surface area contributed by atoms with Gasteiger partial charge in [0.15, 0.2) is 0 Å². The Kier molecular flexibility index (Phi) is 4.60. The van der Waals surface area contributed by atoms with Gasteiger partial charge in [0.05, 0.1) is 6.04 Å². The predicted molar refractivity (Wildman–Crippen MR) is 92.8 cm³/mol. The molecule has 0 radical (unpaired) electrons. The Morgan fingerprint density at radius 1 is 1.29 bits per heavy atom. The third kappa shape index (κ3) is 2.68. The number of hydrogen-bond donors (Lipinski definition) is 2. The number of carboxylic acids is 1. The molecule has 1 aromatic heterocycles. The Hall–Kier alpha value is -2.30. The normalized spacial score (nSPS) is 20.2. The van der Waals surface area contributed by atoms with Crippen LogP contribution in [0.5, 0.6) is 0 Å². The fraction of sp³-hybridized carbons (Fsp3) is 0.474. The maximum atomic E-state index is 12.5. The Labute approximate surface area is 141 Å². The molecule has 0 spiro atoms. The van der Waals surface area contributed by atoms with E-state index < -0.39 is 12.0 Å². The number of aromatic amines is 1. The number of fused-ring (bicyclic) bond motifs is 3. The first-order chi connectivity index (χ1) is 11.6. The molecule has 128 valence electrons. The molecule has 1 aliphatic rings. The number of benzene rings is 1. The van der Waals surface area contributed by atoms with Crippen LogP contribution < -0.4 is 0 Å². The molecule has 0 fully saturated rings. The van der Waals surface area contributed by atoms with Crippen molar-refractivity contribution < 1.29 is 14.7 Å². The van der Waals surface area contributed by atoms with Gasteiger partial charge in [-0.3, -0.25) is 4.79 Å². The van der Waals surface area contributed by atoms with Crippen molar-refractivity contribution in [3.8, 4) is 0 Å². The van der Waals surface area contributed by atoms with Gasteiger partial charge in [0.25, 0.3) is 0 Å². The number of unbranched alkanes of at least 4 members (excludes halogenated alkanes) is 1. The molecule has 2 atom stereocenters. The van der Waals surface area contributed by atoms with Crippen LogP contribution in [0.4, 0.5) is 0 Å². The second-order valence-electron chi connectivity index (χ2n) is 6.43. The molecule has 3 rings (SSSR count). The first kappa shape index (κ1) is 16.6. The molecule has 0 unspecified atom stereocenters. The maximum Gasteiger partial charge on any atom is 0.326 e. The number of hydrogen-bond acceptors (Lipinski definition) is 2. The highest BCUT2D eigenvalue weighted by molar-refractivity contribution is 5.89. The van der Waals surface area contributed by atoms with E-state index in [0.717, 1.165) is 41.4 Å². The van der Waals surface area contributed by atoms with Crippen LogP contribution in [0, 0.1) is 0 Å². The lowest BCUT2D eigenvalue weighted by atomic mass is 9.89. The Morgan fingerprint density at radius 3 is 2.71 bits per heavy atom. The van der Waals surface area contributed by atoms with Crippen LogP contribution in [-0.2, 0) is 16.0 Å². The van der Waals surface area contributed by atoms with Crippen LogP contribution in [0.25, 0.3) is 10.9 Å². The summed E-state index contributed by atoms with van der Waals surface area (Å²) < 4.78 is 0. The van der Waals surface area contributed by atoms with Crippen LogP contribution in [-0.4, -0.2) is 32.9 Å². The molecule has 2 heterocycles. The van der Waals surface area contributed by atoms with Crippen molar-refractivity contribution in [3.05, 3.63) is 35.5 Å². The molecule has 5 heteroatoms. The molecular formula is C19H24N2O3. The lowest BCUT2D eigenvalue weighted by Gasteiger charge is -2.40. The molecule has 5 nitrogen and oxygen atoms in total. The van der Waals surface area contributed by atoms with Gasteiger partial charge >= 0.3 is 5.97 Å². The van der Waals surface area contributed by atoms with Crippen molar-refractivity contribution in [2.45, 2.75) is 58.0 Å². The van der Waals surface area contributed by atoms with Gasteiger partial charge in [-0.1, -0.05) is 44.9 Å². The van der Waals surface area contributed by atoms with Crippen LogP contribution in [0.1, 0.15) is 56.8 Å². The largest absolute Gasteiger partial charge is 0.480 e. The Morgan fingerprint density at radius 2 is 2.04 bits per heavy atom. The zero-order valence-corrected chi connectivity index (χ0v) is 14.2. The van der Waals surface area contributed by atoms with E-state index in [1.54, 1.807) is 11.8 Å². The summed E-state index contributed by atoms with van der Waals surface area (Å²) in [5.74, 6) is -1.01. The number of para-hydroxylation sites is 1. The number of aliphatic carboxylic acids is 1. The van der Waals surface area contributed by atoms with Gasteiger partial charge in [0.2, 0.25) is 5.91 Å². The second-order valence-corrected chi connectivity index (χ2v) is 6.43. The van der Waals surface area contributed by atoms with Gasteiger partial charge in [-0.25, -0.2) is 4.79 Å². The highest BCUT2D eigenvalue weighted by Crippen LogP contribution is 2.40. The summed E-state index contributed by atoms with van der Waals surface area (Å²) in [4.78, 5) is 29.5. The van der Waals surface area contributed by atoms with Crippen molar-refractivity contribution in [2.75, 3.05) is 0 Å². The minimum absolute atomic E-state index is 0.0900. The first-order valence-electron chi connectivity index (χ1n) is 8.71. The van der Waals surface area contributed by atoms with Crippen molar-refractivity contribution in [1.29, 1.82) is 0 Å². The maximum absolute atomic E-state index is 12.5. The van der Waals surface area contributed by atoms with Crippen molar-refractivity contribution >= 4 is 22.8 Å². The van der Waals surface area contributed by atoms with E-state index in [4.69, 9.17) is 0 Å². The van der Waals surface area contributed by atoms with E-state index in [0.29, 0.717) is 12.8 Å². The minimum atomic E-state index is -0.922. The summed E-state index contributed by atoms with van der Waals surface area (Å²) in [6, 6.07) is 7.00. The highest BCUT2D eigenvalue weighted by atomic mass is 16.4. The molecule has 0 aliphatic carbocycles. The van der Waals surface area contributed by atoms with Crippen molar-refractivity contribution in [2.24, 2.45) is 0 Å². The van der Waals surface area contributed by atoms with Gasteiger partial charge in [0, 0.05) is 29.4 Å². The number of H-pyrrole nitrogens is 1. The summed E-state index contributed by atoms with van der Waals surface area (Å²) in [5, 5.41) is 10.8. The average Bonchev–Trinajstić information content (AvgIpc) is 2.96. The van der Waals surface area contributed by atoms with E-state index in [2.05, 4.69) is 11.9 Å². The van der Waals surface area contributed by atoms with Gasteiger partial charge in [-0.2, -0.15) is 0 Å². The molecule has 0 bridgehead atoms. The predicted octanol–water partition coefficient (Wildman–Crippen LogP) is 3.65. The topological polar surface area (TPSA) is 73.4 Å². The van der Waals surface area contributed by atoms with E-state index in [1.807, 2.05) is 24.3 Å². The fourth-order valence-electron chi connectivity index (χ4n) is 3.79. The molecule has 1 aliphatic heterocycles.